The molecule has 0 N–H and O–H groups in total. The van der Waals surface area contributed by atoms with Gasteiger partial charge in [-0.15, -0.1) is 5.06 Å². The zero-order chi connectivity index (χ0) is 13.5. The van der Waals surface area contributed by atoms with Crippen LogP contribution in [0.4, 0.5) is 0 Å². The van der Waals surface area contributed by atoms with E-state index in [9.17, 15) is 14.4 Å². The lowest BCUT2D eigenvalue weighted by Crippen LogP contribution is -2.36. The number of carbonyl (C=O) groups is 3. The standard InChI is InChI=1S/C14H17NO4/c16-11-6-7-12(17)15(11)19-13(18)14-8-4-2-1-3-5-10(14)9-14/h1-2,10H,3-9H2/b2-1-. The Hall–Kier alpha value is -1.65. The number of nitrogens with zero attached hydrogens (tertiary/aromatic N) is 1. The second kappa shape index (κ2) is 4.47. The van der Waals surface area contributed by atoms with Gasteiger partial charge < -0.3 is 4.84 Å². The lowest BCUT2D eigenvalue weighted by molar-refractivity contribution is -0.202. The van der Waals surface area contributed by atoms with E-state index in [0.717, 1.165) is 32.1 Å². The third-order valence-corrected chi connectivity index (χ3v) is 4.42. The Balaban J connectivity index is 1.69. The van der Waals surface area contributed by atoms with Gasteiger partial charge in [0, 0.05) is 12.8 Å². The van der Waals surface area contributed by atoms with Gasteiger partial charge >= 0.3 is 5.97 Å². The van der Waals surface area contributed by atoms with Gasteiger partial charge in [-0.25, -0.2) is 4.79 Å². The number of hydroxylamine groups is 2. The molecule has 1 heterocycles. The Morgan fingerprint density at radius 1 is 1.21 bits per heavy atom. The third kappa shape index (κ3) is 2.07. The maximum Gasteiger partial charge on any atom is 0.339 e. The number of hydrogen-bond acceptors (Lipinski definition) is 4. The van der Waals surface area contributed by atoms with E-state index in [1.165, 1.54) is 0 Å². The molecule has 0 spiro atoms. The quantitative estimate of drug-likeness (QED) is 0.562. The van der Waals surface area contributed by atoms with Crippen LogP contribution < -0.4 is 0 Å². The molecule has 3 aliphatic rings. The highest BCUT2D eigenvalue weighted by Crippen LogP contribution is 2.59. The van der Waals surface area contributed by atoms with Gasteiger partial charge in [0.25, 0.3) is 11.8 Å². The fourth-order valence-corrected chi connectivity index (χ4v) is 3.12. The summed E-state index contributed by atoms with van der Waals surface area (Å²) in [6.07, 6.45) is 8.93. The first-order valence-corrected chi connectivity index (χ1v) is 6.87. The van der Waals surface area contributed by atoms with E-state index >= 15 is 0 Å². The molecule has 0 aromatic heterocycles. The molecule has 2 aliphatic carbocycles. The van der Waals surface area contributed by atoms with Gasteiger partial charge in [0.05, 0.1) is 5.41 Å². The van der Waals surface area contributed by atoms with Crippen LogP contribution in [0.15, 0.2) is 12.2 Å². The van der Waals surface area contributed by atoms with Crippen LogP contribution in [0.3, 0.4) is 0 Å². The summed E-state index contributed by atoms with van der Waals surface area (Å²) in [5.74, 6) is -0.857. The molecule has 5 nitrogen and oxygen atoms in total. The monoisotopic (exact) mass is 263 g/mol. The summed E-state index contributed by atoms with van der Waals surface area (Å²) in [6.45, 7) is 0. The van der Waals surface area contributed by atoms with Crippen LogP contribution in [0.25, 0.3) is 0 Å². The van der Waals surface area contributed by atoms with Gasteiger partial charge in [-0.1, -0.05) is 12.2 Å². The van der Waals surface area contributed by atoms with Gasteiger partial charge in [0.2, 0.25) is 0 Å². The zero-order valence-corrected chi connectivity index (χ0v) is 10.8. The van der Waals surface area contributed by atoms with Crippen LogP contribution in [-0.4, -0.2) is 22.8 Å². The summed E-state index contributed by atoms with van der Waals surface area (Å²) in [5.41, 5.74) is -0.450. The van der Waals surface area contributed by atoms with Crippen LogP contribution in [0.1, 0.15) is 44.9 Å². The summed E-state index contributed by atoms with van der Waals surface area (Å²) in [5, 5.41) is 0.668. The second-order valence-corrected chi connectivity index (χ2v) is 5.61. The molecule has 0 radical (unpaired) electrons. The number of hydrogen-bond donors (Lipinski definition) is 0. The van der Waals surface area contributed by atoms with Crippen molar-refractivity contribution in [2.75, 3.05) is 0 Å². The molecular weight excluding hydrogens is 246 g/mol. The molecule has 2 fully saturated rings. The normalized spacial score (nSPS) is 35.4. The summed E-state index contributed by atoms with van der Waals surface area (Å²) in [4.78, 5) is 40.3. The van der Waals surface area contributed by atoms with Crippen molar-refractivity contribution in [1.82, 2.24) is 5.06 Å². The smallest absolute Gasteiger partial charge is 0.330 e. The highest BCUT2D eigenvalue weighted by molar-refractivity contribution is 6.02. The van der Waals surface area contributed by atoms with Crippen molar-refractivity contribution in [2.45, 2.75) is 44.9 Å². The van der Waals surface area contributed by atoms with Gasteiger partial charge in [-0.2, -0.15) is 0 Å². The summed E-state index contributed by atoms with van der Waals surface area (Å²) < 4.78 is 0. The second-order valence-electron chi connectivity index (χ2n) is 5.61. The average Bonchev–Trinajstić information content (AvgIpc) is 2.96. The van der Waals surface area contributed by atoms with Crippen LogP contribution in [0, 0.1) is 11.3 Å². The number of amides is 2. The first-order chi connectivity index (χ1) is 9.13. The molecule has 0 bridgehead atoms. The Morgan fingerprint density at radius 3 is 2.63 bits per heavy atom. The molecule has 2 unspecified atom stereocenters. The van der Waals surface area contributed by atoms with Gasteiger partial charge in [-0.3, -0.25) is 9.59 Å². The molecule has 2 amide bonds. The van der Waals surface area contributed by atoms with Crippen molar-refractivity contribution >= 4 is 17.8 Å². The van der Waals surface area contributed by atoms with Crippen molar-refractivity contribution in [2.24, 2.45) is 11.3 Å². The van der Waals surface area contributed by atoms with E-state index in [1.807, 2.05) is 0 Å². The molecular formula is C14H17NO4. The fraction of sp³-hybridized carbons (Fsp3) is 0.643. The van der Waals surface area contributed by atoms with E-state index in [2.05, 4.69) is 12.2 Å². The van der Waals surface area contributed by atoms with Crippen molar-refractivity contribution in [3.63, 3.8) is 0 Å². The largest absolute Gasteiger partial charge is 0.339 e. The zero-order valence-electron chi connectivity index (χ0n) is 10.8. The Bertz CT molecular complexity index is 454. The van der Waals surface area contributed by atoms with E-state index in [4.69, 9.17) is 4.84 Å². The Labute approximate surface area is 111 Å². The number of rotatable bonds is 2. The van der Waals surface area contributed by atoms with Gasteiger partial charge in [0.15, 0.2) is 0 Å². The van der Waals surface area contributed by atoms with Gasteiger partial charge in [-0.05, 0) is 38.0 Å². The topological polar surface area (TPSA) is 63.7 Å². The molecule has 1 saturated carbocycles. The Morgan fingerprint density at radius 2 is 1.89 bits per heavy atom. The fourth-order valence-electron chi connectivity index (χ4n) is 3.12. The third-order valence-electron chi connectivity index (χ3n) is 4.42. The molecule has 1 saturated heterocycles. The molecule has 2 atom stereocenters. The summed E-state index contributed by atoms with van der Waals surface area (Å²) >= 11 is 0. The van der Waals surface area contributed by atoms with Gasteiger partial charge in [0.1, 0.15) is 0 Å². The number of allylic oxidation sites excluding steroid dienone is 2. The molecule has 5 heteroatoms. The first kappa shape index (κ1) is 12.4. The minimum absolute atomic E-state index is 0.144. The van der Waals surface area contributed by atoms with E-state index < -0.39 is 23.2 Å². The summed E-state index contributed by atoms with van der Waals surface area (Å²) in [7, 11) is 0. The molecule has 19 heavy (non-hydrogen) atoms. The number of fused-ring (bicyclic) bond motifs is 1. The van der Waals surface area contributed by atoms with Crippen molar-refractivity contribution < 1.29 is 19.2 Å². The van der Waals surface area contributed by atoms with E-state index in [0.29, 0.717) is 11.0 Å². The molecule has 102 valence electrons. The van der Waals surface area contributed by atoms with Crippen LogP contribution >= 0.6 is 0 Å². The van der Waals surface area contributed by atoms with E-state index in [1.54, 1.807) is 0 Å². The lowest BCUT2D eigenvalue weighted by atomic mass is 9.93. The molecule has 0 aromatic rings. The molecule has 0 aromatic carbocycles. The Kier molecular flexibility index (Phi) is 2.92. The number of carbonyl (C=O) groups excluding carboxylic acids is 3. The minimum atomic E-state index is -0.450. The maximum atomic E-state index is 12.3. The predicted octanol–water partition coefficient (Wildman–Crippen LogP) is 1.73. The molecule has 1 aliphatic heterocycles. The van der Waals surface area contributed by atoms with Crippen LogP contribution in [0.5, 0.6) is 0 Å². The predicted molar refractivity (Wildman–Crippen MR) is 65.3 cm³/mol. The SMILES string of the molecule is O=C1CCC(=O)N1OC(=O)C12CC/C=C\CCC1C2. The van der Waals surface area contributed by atoms with Crippen molar-refractivity contribution in [3.05, 3.63) is 12.2 Å². The van der Waals surface area contributed by atoms with Crippen LogP contribution in [-0.2, 0) is 19.2 Å². The molecule has 3 rings (SSSR count). The highest BCUT2D eigenvalue weighted by atomic mass is 16.7. The maximum absolute atomic E-state index is 12.3. The first-order valence-electron chi connectivity index (χ1n) is 6.87. The minimum Gasteiger partial charge on any atom is -0.330 e. The summed E-state index contributed by atoms with van der Waals surface area (Å²) in [6, 6.07) is 0. The van der Waals surface area contributed by atoms with Crippen LogP contribution in [0.2, 0.25) is 0 Å². The highest BCUT2D eigenvalue weighted by Gasteiger charge is 2.61. The van der Waals surface area contributed by atoms with Crippen molar-refractivity contribution in [3.8, 4) is 0 Å². The van der Waals surface area contributed by atoms with E-state index in [-0.39, 0.29) is 12.8 Å². The average molecular weight is 263 g/mol. The number of imide groups is 1. The lowest BCUT2D eigenvalue weighted by Gasteiger charge is -2.20. The van der Waals surface area contributed by atoms with Crippen molar-refractivity contribution in [1.29, 1.82) is 0 Å².